The molecule has 214 valence electrons. The van der Waals surface area contributed by atoms with E-state index < -0.39 is 0 Å². The minimum absolute atomic E-state index is 0.178. The van der Waals surface area contributed by atoms with Crippen LogP contribution in [0.3, 0.4) is 0 Å². The fourth-order valence-corrected chi connectivity index (χ4v) is 3.99. The van der Waals surface area contributed by atoms with Gasteiger partial charge in [-0.3, -0.25) is 0 Å². The average Bonchev–Trinajstić information content (AvgIpc) is 3.31. The van der Waals surface area contributed by atoms with Crippen LogP contribution in [0.2, 0.25) is 0 Å². The van der Waals surface area contributed by atoms with E-state index in [1.54, 1.807) is 13.0 Å². The number of aliphatic hydroxyl groups excluding tert-OH is 1. The van der Waals surface area contributed by atoms with Crippen molar-refractivity contribution in [3.05, 3.63) is 55.0 Å². The molecule has 2 aromatic heterocycles. The quantitative estimate of drug-likeness (QED) is 0.298. The van der Waals surface area contributed by atoms with Crippen LogP contribution in [0.5, 0.6) is 0 Å². The average molecular weight is 527 g/mol. The Morgan fingerprint density at radius 1 is 1.03 bits per heavy atom. The van der Waals surface area contributed by atoms with Crippen LogP contribution in [0.15, 0.2) is 43.5 Å². The standard InChI is InChI=1S/C26H36N4O2.3C2H6/c1-7-15-30(16-8-2)25-24-20(27-23(29-25)14-11-18(5)31)13-12-19(28-24)21-17-26(6,10-4)22(9-3)32-21;3*1-2/h9-10,12-13,17-18,22,31H,3-4,7-8,11,14-16H2,1-2,5-6H3;3*1-2H3. The minimum atomic E-state index is -0.385. The summed E-state index contributed by atoms with van der Waals surface area (Å²) in [4.78, 5) is 16.9. The first-order valence-corrected chi connectivity index (χ1v) is 14.6. The molecule has 0 bridgehead atoms. The Hall–Kier alpha value is -2.73. The number of hydrogen-bond acceptors (Lipinski definition) is 6. The van der Waals surface area contributed by atoms with Crippen LogP contribution in [-0.2, 0) is 11.2 Å². The molecule has 3 heterocycles. The van der Waals surface area contributed by atoms with Gasteiger partial charge in [0.2, 0.25) is 0 Å². The number of fused-ring (bicyclic) bond motifs is 1. The van der Waals surface area contributed by atoms with Gasteiger partial charge in [-0.15, -0.1) is 6.58 Å². The Balaban J connectivity index is 0.00000213. The zero-order valence-corrected chi connectivity index (χ0v) is 25.8. The molecule has 1 aliphatic heterocycles. The lowest BCUT2D eigenvalue weighted by Crippen LogP contribution is -2.27. The van der Waals surface area contributed by atoms with Crippen LogP contribution in [0.4, 0.5) is 5.82 Å². The van der Waals surface area contributed by atoms with E-state index in [2.05, 4.69) is 44.9 Å². The van der Waals surface area contributed by atoms with E-state index in [4.69, 9.17) is 19.7 Å². The molecule has 2 aromatic rings. The summed E-state index contributed by atoms with van der Waals surface area (Å²) in [6, 6.07) is 3.93. The number of pyridine rings is 1. The highest BCUT2D eigenvalue weighted by molar-refractivity contribution is 5.87. The predicted octanol–water partition coefficient (Wildman–Crippen LogP) is 8.16. The Kier molecular flexibility index (Phi) is 17.2. The third-order valence-electron chi connectivity index (χ3n) is 5.86. The van der Waals surface area contributed by atoms with Crippen molar-refractivity contribution in [1.29, 1.82) is 0 Å². The van der Waals surface area contributed by atoms with Crippen LogP contribution < -0.4 is 4.90 Å². The third kappa shape index (κ3) is 9.23. The molecule has 0 fully saturated rings. The second-order valence-electron chi connectivity index (χ2n) is 8.76. The molecule has 3 unspecified atom stereocenters. The molecule has 3 rings (SSSR count). The minimum Gasteiger partial charge on any atom is -0.483 e. The first-order valence-electron chi connectivity index (χ1n) is 14.6. The zero-order valence-electron chi connectivity index (χ0n) is 25.8. The fourth-order valence-electron chi connectivity index (χ4n) is 3.99. The fraction of sp³-hybridized carbons (Fsp3) is 0.594. The van der Waals surface area contributed by atoms with Crippen LogP contribution in [0, 0.1) is 5.41 Å². The van der Waals surface area contributed by atoms with Gasteiger partial charge in [0.25, 0.3) is 0 Å². The maximum Gasteiger partial charge on any atom is 0.158 e. The van der Waals surface area contributed by atoms with Gasteiger partial charge in [0.15, 0.2) is 5.82 Å². The van der Waals surface area contributed by atoms with Crippen molar-refractivity contribution in [2.75, 3.05) is 18.0 Å². The molecule has 0 amide bonds. The summed E-state index contributed by atoms with van der Waals surface area (Å²) in [5.41, 5.74) is 2.01. The summed E-state index contributed by atoms with van der Waals surface area (Å²) in [7, 11) is 0. The van der Waals surface area contributed by atoms with E-state index in [1.165, 1.54) is 0 Å². The zero-order chi connectivity index (χ0) is 29.3. The second kappa shape index (κ2) is 18.5. The highest BCUT2D eigenvalue weighted by Gasteiger charge is 2.37. The number of aryl methyl sites for hydroxylation is 1. The largest absolute Gasteiger partial charge is 0.483 e. The van der Waals surface area contributed by atoms with Crippen LogP contribution >= 0.6 is 0 Å². The summed E-state index contributed by atoms with van der Waals surface area (Å²) in [5.74, 6) is 2.31. The van der Waals surface area contributed by atoms with Gasteiger partial charge in [-0.1, -0.05) is 74.1 Å². The topological polar surface area (TPSA) is 71.4 Å². The number of hydrogen-bond donors (Lipinski definition) is 1. The smallest absolute Gasteiger partial charge is 0.158 e. The highest BCUT2D eigenvalue weighted by Crippen LogP contribution is 2.40. The van der Waals surface area contributed by atoms with Crippen molar-refractivity contribution in [2.45, 2.75) is 107 Å². The van der Waals surface area contributed by atoms with Gasteiger partial charge >= 0.3 is 0 Å². The van der Waals surface area contributed by atoms with E-state index in [-0.39, 0.29) is 17.6 Å². The molecule has 0 aliphatic carbocycles. The highest BCUT2D eigenvalue weighted by atomic mass is 16.5. The van der Waals surface area contributed by atoms with Gasteiger partial charge in [0, 0.05) is 24.9 Å². The molecule has 0 saturated carbocycles. The van der Waals surface area contributed by atoms with Gasteiger partial charge in [-0.05, 0) is 51.3 Å². The van der Waals surface area contributed by atoms with Crippen molar-refractivity contribution in [1.82, 2.24) is 15.0 Å². The number of nitrogens with zero attached hydrogens (tertiary/aromatic N) is 4. The van der Waals surface area contributed by atoms with Crippen molar-refractivity contribution in [3.63, 3.8) is 0 Å². The molecule has 0 spiro atoms. The van der Waals surface area contributed by atoms with Crippen LogP contribution in [0.1, 0.15) is 100 Å². The summed E-state index contributed by atoms with van der Waals surface area (Å²) >= 11 is 0. The van der Waals surface area contributed by atoms with E-state index >= 15 is 0 Å². The SMILES string of the molecule is C=CC1OC(c2ccc3nc(CCC(C)O)nc(N(CCC)CCC)c3n2)=CC1(C)C=C.CC.CC.CC. The first-order chi connectivity index (χ1) is 18.3. The van der Waals surface area contributed by atoms with E-state index in [1.807, 2.05) is 59.8 Å². The Labute approximate surface area is 233 Å². The lowest BCUT2D eigenvalue weighted by Gasteiger charge is -2.24. The Bertz CT molecular complexity index is 996. The molecule has 6 heteroatoms. The number of aromatic nitrogens is 3. The number of ether oxygens (including phenoxy) is 1. The maximum absolute atomic E-state index is 9.72. The summed E-state index contributed by atoms with van der Waals surface area (Å²) in [6.07, 6.45) is 8.48. The summed E-state index contributed by atoms with van der Waals surface area (Å²) < 4.78 is 6.16. The van der Waals surface area contributed by atoms with Gasteiger partial charge in [0.1, 0.15) is 28.9 Å². The molecule has 1 N–H and O–H groups in total. The van der Waals surface area contributed by atoms with Crippen molar-refractivity contribution < 1.29 is 9.84 Å². The summed E-state index contributed by atoms with van der Waals surface area (Å²) in [5, 5.41) is 9.72. The van der Waals surface area contributed by atoms with Gasteiger partial charge in [-0.25, -0.2) is 15.0 Å². The molecule has 3 atom stereocenters. The van der Waals surface area contributed by atoms with E-state index in [0.29, 0.717) is 12.8 Å². The Morgan fingerprint density at radius 3 is 2.11 bits per heavy atom. The van der Waals surface area contributed by atoms with Crippen LogP contribution in [-0.4, -0.2) is 45.4 Å². The van der Waals surface area contributed by atoms with Crippen molar-refractivity contribution in [2.24, 2.45) is 5.41 Å². The molecule has 1 aliphatic rings. The van der Waals surface area contributed by atoms with E-state index in [0.717, 1.165) is 60.1 Å². The van der Waals surface area contributed by atoms with Crippen molar-refractivity contribution >= 4 is 22.6 Å². The molecule has 0 saturated heterocycles. The number of rotatable bonds is 11. The Morgan fingerprint density at radius 2 is 1.63 bits per heavy atom. The van der Waals surface area contributed by atoms with Gasteiger partial charge < -0.3 is 14.7 Å². The maximum atomic E-state index is 9.72. The molecule has 0 aromatic carbocycles. The van der Waals surface area contributed by atoms with Crippen LogP contribution in [0.25, 0.3) is 16.8 Å². The molecule has 6 nitrogen and oxygen atoms in total. The molecule has 0 radical (unpaired) electrons. The third-order valence-corrected chi connectivity index (χ3v) is 5.86. The second-order valence-corrected chi connectivity index (χ2v) is 8.76. The van der Waals surface area contributed by atoms with Gasteiger partial charge in [0.05, 0.1) is 11.6 Å². The van der Waals surface area contributed by atoms with Gasteiger partial charge in [-0.2, -0.15) is 0 Å². The lowest BCUT2D eigenvalue weighted by atomic mass is 9.85. The lowest BCUT2D eigenvalue weighted by molar-refractivity contribution is 0.170. The predicted molar refractivity (Wildman–Crippen MR) is 166 cm³/mol. The summed E-state index contributed by atoms with van der Waals surface area (Å²) in [6.45, 7) is 29.9. The normalized spacial score (nSPS) is 18.3. The molecule has 38 heavy (non-hydrogen) atoms. The van der Waals surface area contributed by atoms with Crippen molar-refractivity contribution in [3.8, 4) is 0 Å². The number of anilines is 1. The van der Waals surface area contributed by atoms with E-state index in [9.17, 15) is 5.11 Å². The molecular weight excluding hydrogens is 472 g/mol. The number of aliphatic hydroxyl groups is 1. The first kappa shape index (κ1) is 35.3. The molecular formula is C32H54N4O2. The monoisotopic (exact) mass is 526 g/mol.